The molecule has 0 saturated carbocycles. The van der Waals surface area contributed by atoms with E-state index in [4.69, 9.17) is 0 Å². The second-order valence-corrected chi connectivity index (χ2v) is 5.04. The number of unbranched alkanes of at least 4 members (excludes halogenated alkanes) is 7. The maximum atomic E-state index is 4.04. The Morgan fingerprint density at radius 3 is 2.33 bits per heavy atom. The Morgan fingerprint density at radius 1 is 1.06 bits per heavy atom. The fourth-order valence-corrected chi connectivity index (χ4v) is 2.08. The summed E-state index contributed by atoms with van der Waals surface area (Å²) in [6, 6.07) is 0. The normalized spacial score (nSPS) is 11.0. The lowest BCUT2D eigenvalue weighted by Crippen LogP contribution is -2.14. The minimum absolute atomic E-state index is 0.838. The Hall–Kier alpha value is -0.900. The first kappa shape index (κ1) is 15.2. The summed E-state index contributed by atoms with van der Waals surface area (Å²) >= 11 is 0. The molecule has 104 valence electrons. The molecule has 18 heavy (non-hydrogen) atoms. The average molecular weight is 252 g/mol. The molecular weight excluding hydrogens is 224 g/mol. The van der Waals surface area contributed by atoms with Crippen molar-refractivity contribution >= 4 is 0 Å². The first-order chi connectivity index (χ1) is 8.83. The topological polar surface area (TPSA) is 42.7 Å². The zero-order valence-electron chi connectivity index (χ0n) is 12.0. The van der Waals surface area contributed by atoms with Gasteiger partial charge in [0.05, 0.1) is 5.69 Å². The molecule has 1 heterocycles. The molecule has 0 unspecified atom stereocenters. The molecule has 0 atom stereocenters. The smallest absolute Gasteiger partial charge is 0.0964 e. The molecule has 1 aromatic rings. The van der Waals surface area contributed by atoms with Gasteiger partial charge in [-0.05, 0) is 13.0 Å². The molecule has 1 rings (SSSR count). The molecule has 1 aromatic heterocycles. The van der Waals surface area contributed by atoms with Gasteiger partial charge in [-0.3, -0.25) is 4.68 Å². The quantitative estimate of drug-likeness (QED) is 0.616. The molecule has 1 N–H and O–H groups in total. The van der Waals surface area contributed by atoms with Gasteiger partial charge in [-0.15, -0.1) is 5.10 Å². The van der Waals surface area contributed by atoms with Crippen LogP contribution in [0.1, 0.15) is 64.0 Å². The van der Waals surface area contributed by atoms with Crippen LogP contribution in [-0.4, -0.2) is 21.5 Å². The monoisotopic (exact) mass is 252 g/mol. The second kappa shape index (κ2) is 10.1. The molecular formula is C14H28N4. The first-order valence-electron chi connectivity index (χ1n) is 7.39. The molecule has 0 aliphatic heterocycles. The van der Waals surface area contributed by atoms with Gasteiger partial charge in [0, 0.05) is 19.8 Å². The van der Waals surface area contributed by atoms with Crippen molar-refractivity contribution in [1.82, 2.24) is 20.3 Å². The van der Waals surface area contributed by atoms with Gasteiger partial charge in [0.15, 0.2) is 0 Å². The summed E-state index contributed by atoms with van der Waals surface area (Å²) in [4.78, 5) is 0. The third kappa shape index (κ3) is 7.43. The van der Waals surface area contributed by atoms with E-state index in [1.54, 1.807) is 4.68 Å². The van der Waals surface area contributed by atoms with Crippen LogP contribution >= 0.6 is 0 Å². The number of hydrogen-bond acceptors (Lipinski definition) is 3. The zero-order chi connectivity index (χ0) is 13.1. The summed E-state index contributed by atoms with van der Waals surface area (Å²) in [5.41, 5.74) is 1.03. The number of nitrogens with one attached hydrogen (secondary N) is 1. The number of aryl methyl sites for hydroxylation is 1. The SMILES string of the molecule is CCCCCCCCCCNCc1cn(C)nn1. The summed E-state index contributed by atoms with van der Waals surface area (Å²) in [5, 5.41) is 11.4. The molecule has 0 radical (unpaired) electrons. The van der Waals surface area contributed by atoms with E-state index in [-0.39, 0.29) is 0 Å². The van der Waals surface area contributed by atoms with Crippen molar-refractivity contribution in [2.24, 2.45) is 7.05 Å². The highest BCUT2D eigenvalue weighted by molar-refractivity contribution is 4.90. The summed E-state index contributed by atoms with van der Waals surface area (Å²) in [7, 11) is 1.90. The van der Waals surface area contributed by atoms with Crippen molar-refractivity contribution in [1.29, 1.82) is 0 Å². The highest BCUT2D eigenvalue weighted by Crippen LogP contribution is 2.07. The summed E-state index contributed by atoms with van der Waals surface area (Å²) in [5.74, 6) is 0. The van der Waals surface area contributed by atoms with Crippen LogP contribution in [0.25, 0.3) is 0 Å². The third-order valence-corrected chi connectivity index (χ3v) is 3.16. The zero-order valence-corrected chi connectivity index (χ0v) is 12.0. The Labute approximate surface area is 111 Å². The lowest BCUT2D eigenvalue weighted by Gasteiger charge is -2.03. The van der Waals surface area contributed by atoms with E-state index in [2.05, 4.69) is 22.6 Å². The van der Waals surface area contributed by atoms with Crippen LogP contribution in [0.4, 0.5) is 0 Å². The number of nitrogens with zero attached hydrogens (tertiary/aromatic N) is 3. The first-order valence-corrected chi connectivity index (χ1v) is 7.39. The lowest BCUT2D eigenvalue weighted by atomic mass is 10.1. The van der Waals surface area contributed by atoms with E-state index in [9.17, 15) is 0 Å². The lowest BCUT2D eigenvalue weighted by molar-refractivity contribution is 0.553. The second-order valence-electron chi connectivity index (χ2n) is 5.04. The van der Waals surface area contributed by atoms with Gasteiger partial charge in [0.1, 0.15) is 0 Å². The number of aromatic nitrogens is 3. The van der Waals surface area contributed by atoms with Crippen molar-refractivity contribution in [3.05, 3.63) is 11.9 Å². The predicted molar refractivity (Wildman–Crippen MR) is 75.3 cm³/mol. The predicted octanol–water partition coefficient (Wildman–Crippen LogP) is 3.05. The van der Waals surface area contributed by atoms with Gasteiger partial charge in [0.25, 0.3) is 0 Å². The van der Waals surface area contributed by atoms with Crippen molar-refractivity contribution in [2.45, 2.75) is 64.8 Å². The van der Waals surface area contributed by atoms with Gasteiger partial charge in [-0.2, -0.15) is 0 Å². The standard InChI is InChI=1S/C14H28N4/c1-3-4-5-6-7-8-9-10-11-15-12-14-13-18(2)17-16-14/h13,15H,3-12H2,1-2H3. The minimum Gasteiger partial charge on any atom is -0.311 e. The van der Waals surface area contributed by atoms with Crippen molar-refractivity contribution in [3.63, 3.8) is 0 Å². The van der Waals surface area contributed by atoms with E-state index in [1.807, 2.05) is 13.2 Å². The Morgan fingerprint density at radius 2 is 1.72 bits per heavy atom. The molecule has 0 bridgehead atoms. The van der Waals surface area contributed by atoms with Gasteiger partial charge in [-0.25, -0.2) is 0 Å². The number of hydrogen-bond donors (Lipinski definition) is 1. The van der Waals surface area contributed by atoms with E-state index in [0.717, 1.165) is 18.8 Å². The van der Waals surface area contributed by atoms with Crippen LogP contribution in [0.5, 0.6) is 0 Å². The van der Waals surface area contributed by atoms with E-state index in [0.29, 0.717) is 0 Å². The highest BCUT2D eigenvalue weighted by atomic mass is 15.4. The molecule has 0 fully saturated rings. The third-order valence-electron chi connectivity index (χ3n) is 3.16. The maximum absolute atomic E-state index is 4.04. The molecule has 0 saturated heterocycles. The molecule has 0 aromatic carbocycles. The largest absolute Gasteiger partial charge is 0.311 e. The Balaban J connectivity index is 1.81. The maximum Gasteiger partial charge on any atom is 0.0964 e. The molecule has 0 spiro atoms. The summed E-state index contributed by atoms with van der Waals surface area (Å²) in [6.45, 7) is 4.19. The van der Waals surface area contributed by atoms with Crippen LogP contribution in [0.3, 0.4) is 0 Å². The van der Waals surface area contributed by atoms with Gasteiger partial charge in [-0.1, -0.05) is 57.1 Å². The fraction of sp³-hybridized carbons (Fsp3) is 0.857. The van der Waals surface area contributed by atoms with Crippen molar-refractivity contribution in [3.8, 4) is 0 Å². The summed E-state index contributed by atoms with van der Waals surface area (Å²) < 4.78 is 1.74. The fourth-order valence-electron chi connectivity index (χ4n) is 2.08. The van der Waals surface area contributed by atoms with E-state index < -0.39 is 0 Å². The molecule has 0 aliphatic rings. The molecule has 0 aliphatic carbocycles. The van der Waals surface area contributed by atoms with E-state index in [1.165, 1.54) is 51.4 Å². The van der Waals surface area contributed by atoms with Crippen LogP contribution in [0.2, 0.25) is 0 Å². The van der Waals surface area contributed by atoms with Gasteiger partial charge >= 0.3 is 0 Å². The van der Waals surface area contributed by atoms with Gasteiger partial charge < -0.3 is 5.32 Å². The van der Waals surface area contributed by atoms with Crippen LogP contribution in [0, 0.1) is 0 Å². The number of rotatable bonds is 11. The van der Waals surface area contributed by atoms with Crippen molar-refractivity contribution < 1.29 is 0 Å². The summed E-state index contributed by atoms with van der Waals surface area (Å²) in [6.07, 6.45) is 12.9. The molecule has 4 nitrogen and oxygen atoms in total. The van der Waals surface area contributed by atoms with E-state index >= 15 is 0 Å². The molecule has 4 heteroatoms. The van der Waals surface area contributed by atoms with Crippen LogP contribution in [-0.2, 0) is 13.6 Å². The van der Waals surface area contributed by atoms with Gasteiger partial charge in [0.2, 0.25) is 0 Å². The van der Waals surface area contributed by atoms with Crippen molar-refractivity contribution in [2.75, 3.05) is 6.54 Å². The Kier molecular flexibility index (Phi) is 8.47. The average Bonchev–Trinajstić information content (AvgIpc) is 2.77. The highest BCUT2D eigenvalue weighted by Gasteiger charge is 1.97. The minimum atomic E-state index is 0.838. The van der Waals surface area contributed by atoms with Crippen LogP contribution in [0.15, 0.2) is 6.20 Å². The molecule has 0 amide bonds. The Bertz CT molecular complexity index is 296. The van der Waals surface area contributed by atoms with Crippen LogP contribution < -0.4 is 5.32 Å².